The van der Waals surface area contributed by atoms with Crippen LogP contribution in [-0.2, 0) is 15.7 Å². The summed E-state index contributed by atoms with van der Waals surface area (Å²) in [7, 11) is 1.34. The van der Waals surface area contributed by atoms with Crippen LogP contribution in [0.4, 0.5) is 34.9 Å². The summed E-state index contributed by atoms with van der Waals surface area (Å²) in [6.07, 6.45) is -0.592. The van der Waals surface area contributed by atoms with E-state index < -0.39 is 23.7 Å². The number of rotatable bonds is 6. The Morgan fingerprint density at radius 3 is 2.72 bits per heavy atom. The first kappa shape index (κ1) is 26.4. The molecule has 1 aliphatic heterocycles. The smallest absolute Gasteiger partial charge is 0.435 e. The Hall–Kier alpha value is -4.19. The summed E-state index contributed by atoms with van der Waals surface area (Å²) in [6, 6.07) is 11.5. The number of alkyl halides is 3. The van der Waals surface area contributed by atoms with Gasteiger partial charge >= 0.3 is 12.1 Å². The Bertz CT molecular complexity index is 1530. The molecule has 1 saturated heterocycles. The molecule has 0 spiro atoms. The first-order valence-electron chi connectivity index (χ1n) is 11.8. The maximum atomic E-state index is 13.6. The molecule has 1 atom stereocenters. The normalized spacial score (nSPS) is 15.4. The van der Waals surface area contributed by atoms with E-state index in [4.69, 9.17) is 16.3 Å². The van der Waals surface area contributed by atoms with Crippen molar-refractivity contribution in [3.8, 4) is 16.9 Å². The van der Waals surface area contributed by atoms with Gasteiger partial charge in [-0.05, 0) is 54.8 Å². The van der Waals surface area contributed by atoms with Gasteiger partial charge in [0.25, 0.3) is 0 Å². The Morgan fingerprint density at radius 2 is 2.00 bits per heavy atom. The average Bonchev–Trinajstić information content (AvgIpc) is 3.61. The summed E-state index contributed by atoms with van der Waals surface area (Å²) < 4.78 is 59.5. The summed E-state index contributed by atoms with van der Waals surface area (Å²) in [4.78, 5) is 23.0. The van der Waals surface area contributed by atoms with E-state index in [1.54, 1.807) is 12.1 Å². The molecule has 1 N–H and O–H groups in total. The van der Waals surface area contributed by atoms with E-state index in [2.05, 4.69) is 20.4 Å². The van der Waals surface area contributed by atoms with Crippen LogP contribution in [0.3, 0.4) is 0 Å². The number of esters is 1. The van der Waals surface area contributed by atoms with Crippen molar-refractivity contribution < 1.29 is 27.1 Å². The molecule has 0 unspecified atom stereocenters. The van der Waals surface area contributed by atoms with Gasteiger partial charge in [-0.15, -0.1) is 0 Å². The molecular formula is C26H21ClF4N6O2. The average molecular weight is 561 g/mol. The molecule has 13 heteroatoms. The highest BCUT2D eigenvalue weighted by atomic mass is 35.5. The van der Waals surface area contributed by atoms with Gasteiger partial charge < -0.3 is 15.0 Å². The minimum atomic E-state index is -4.65. The third kappa shape index (κ3) is 5.51. The molecule has 3 heterocycles. The SMILES string of the molecule is COC(=O)[C@@H]1CCCN1c1cccc(-c2cnc(Nc3ccc(F)c(Cl)c3)nc2-n2ccc(C(F)(F)F)n2)c1. The van der Waals surface area contributed by atoms with Crippen molar-refractivity contribution in [1.82, 2.24) is 19.7 Å². The quantitative estimate of drug-likeness (QED) is 0.228. The molecule has 1 fully saturated rings. The van der Waals surface area contributed by atoms with Crippen LogP contribution in [0.1, 0.15) is 18.5 Å². The summed E-state index contributed by atoms with van der Waals surface area (Å²) in [5.41, 5.74) is 1.02. The maximum absolute atomic E-state index is 13.6. The zero-order chi connectivity index (χ0) is 27.7. The number of carbonyl (C=O) groups excluding carboxylic acids is 1. The van der Waals surface area contributed by atoms with Crippen LogP contribution in [0.2, 0.25) is 5.02 Å². The van der Waals surface area contributed by atoms with Gasteiger partial charge in [-0.3, -0.25) is 0 Å². The van der Waals surface area contributed by atoms with Crippen molar-refractivity contribution in [1.29, 1.82) is 0 Å². The Balaban J connectivity index is 1.57. The third-order valence-electron chi connectivity index (χ3n) is 6.26. The Kier molecular flexibility index (Phi) is 7.13. The number of hydrogen-bond donors (Lipinski definition) is 1. The lowest BCUT2D eigenvalue weighted by molar-refractivity contribution is -0.142. The van der Waals surface area contributed by atoms with E-state index in [1.165, 1.54) is 25.4 Å². The van der Waals surface area contributed by atoms with Crippen LogP contribution in [0.25, 0.3) is 16.9 Å². The number of halogens is 5. The second kappa shape index (κ2) is 10.5. The minimum Gasteiger partial charge on any atom is -0.467 e. The van der Waals surface area contributed by atoms with Gasteiger partial charge in [0.1, 0.15) is 11.9 Å². The number of methoxy groups -OCH3 is 1. The molecule has 0 radical (unpaired) electrons. The summed E-state index contributed by atoms with van der Waals surface area (Å²) in [6.45, 7) is 0.643. The van der Waals surface area contributed by atoms with Gasteiger partial charge in [0.2, 0.25) is 5.95 Å². The Morgan fingerprint density at radius 1 is 1.18 bits per heavy atom. The number of benzene rings is 2. The van der Waals surface area contributed by atoms with Crippen molar-refractivity contribution in [3.63, 3.8) is 0 Å². The zero-order valence-electron chi connectivity index (χ0n) is 20.4. The predicted octanol–water partition coefficient (Wildman–Crippen LogP) is 6.03. The van der Waals surface area contributed by atoms with E-state index in [1.807, 2.05) is 17.0 Å². The molecule has 1 aliphatic rings. The monoisotopic (exact) mass is 560 g/mol. The molecule has 39 heavy (non-hydrogen) atoms. The van der Waals surface area contributed by atoms with Crippen molar-refractivity contribution >= 4 is 34.9 Å². The molecule has 4 aromatic rings. The van der Waals surface area contributed by atoms with Crippen LogP contribution in [0.5, 0.6) is 0 Å². The lowest BCUT2D eigenvalue weighted by atomic mass is 10.1. The lowest BCUT2D eigenvalue weighted by Crippen LogP contribution is -2.36. The van der Waals surface area contributed by atoms with Crippen molar-refractivity contribution in [2.75, 3.05) is 23.9 Å². The zero-order valence-corrected chi connectivity index (χ0v) is 21.2. The van der Waals surface area contributed by atoms with Gasteiger partial charge in [-0.1, -0.05) is 23.7 Å². The summed E-state index contributed by atoms with van der Waals surface area (Å²) in [5, 5.41) is 6.45. The summed E-state index contributed by atoms with van der Waals surface area (Å²) >= 11 is 5.86. The molecular weight excluding hydrogens is 540 g/mol. The first-order valence-corrected chi connectivity index (χ1v) is 12.2. The van der Waals surface area contributed by atoms with Crippen LogP contribution in [0, 0.1) is 5.82 Å². The number of nitrogens with one attached hydrogen (secondary N) is 1. The number of nitrogens with zero attached hydrogens (tertiary/aromatic N) is 5. The van der Waals surface area contributed by atoms with E-state index in [9.17, 15) is 22.4 Å². The molecule has 0 bridgehead atoms. The number of anilines is 3. The van der Waals surface area contributed by atoms with Gasteiger partial charge in [0.05, 0.1) is 12.1 Å². The number of hydrogen-bond acceptors (Lipinski definition) is 7. The standard InChI is InChI=1S/C26H21ClF4N6O2/c1-39-24(38)21-6-3-10-36(21)17-5-2-4-15(12-17)18-14-32-25(33-16-7-8-20(28)19(27)13-16)34-23(18)37-11-9-22(35-37)26(29,30)31/h2,4-5,7-9,11-14,21H,3,6,10H2,1H3,(H,32,33,34)/t21-/m0/s1. The van der Waals surface area contributed by atoms with E-state index in [-0.39, 0.29) is 22.8 Å². The second-order valence-electron chi connectivity index (χ2n) is 8.75. The number of ether oxygens (including phenoxy) is 1. The molecule has 2 aromatic carbocycles. The van der Waals surface area contributed by atoms with Crippen molar-refractivity contribution in [2.24, 2.45) is 0 Å². The topological polar surface area (TPSA) is 85.2 Å². The highest BCUT2D eigenvalue weighted by Gasteiger charge is 2.34. The van der Waals surface area contributed by atoms with Gasteiger partial charge in [0, 0.05) is 35.9 Å². The molecule has 5 rings (SSSR count). The Labute approximate surface area is 225 Å². The van der Waals surface area contributed by atoms with E-state index in [0.29, 0.717) is 29.8 Å². The van der Waals surface area contributed by atoms with Crippen LogP contribution in [-0.4, -0.2) is 45.4 Å². The van der Waals surface area contributed by atoms with Gasteiger partial charge in [0.15, 0.2) is 11.5 Å². The summed E-state index contributed by atoms with van der Waals surface area (Å²) in [5.74, 6) is -0.849. The van der Waals surface area contributed by atoms with Gasteiger partial charge in [-0.2, -0.15) is 23.3 Å². The second-order valence-corrected chi connectivity index (χ2v) is 9.16. The highest BCUT2D eigenvalue weighted by Crippen LogP contribution is 2.34. The molecule has 202 valence electrons. The molecule has 2 aromatic heterocycles. The third-order valence-corrected chi connectivity index (χ3v) is 6.55. The fraction of sp³-hybridized carbons (Fsp3) is 0.231. The predicted molar refractivity (Wildman–Crippen MR) is 137 cm³/mol. The highest BCUT2D eigenvalue weighted by molar-refractivity contribution is 6.31. The van der Waals surface area contributed by atoms with Crippen molar-refractivity contribution in [2.45, 2.75) is 25.1 Å². The number of carbonyl (C=O) groups is 1. The lowest BCUT2D eigenvalue weighted by Gasteiger charge is -2.25. The largest absolute Gasteiger partial charge is 0.467 e. The van der Waals surface area contributed by atoms with Crippen molar-refractivity contribution in [3.05, 3.63) is 77.5 Å². The molecule has 0 saturated carbocycles. The van der Waals surface area contributed by atoms with Crippen LogP contribution in [0.15, 0.2) is 60.9 Å². The van der Waals surface area contributed by atoms with Crippen LogP contribution < -0.4 is 10.2 Å². The molecule has 0 aliphatic carbocycles. The van der Waals surface area contributed by atoms with Gasteiger partial charge in [-0.25, -0.2) is 18.9 Å². The maximum Gasteiger partial charge on any atom is 0.435 e. The van der Waals surface area contributed by atoms with E-state index in [0.717, 1.165) is 35.1 Å². The molecule has 0 amide bonds. The molecule has 8 nitrogen and oxygen atoms in total. The van der Waals surface area contributed by atoms with E-state index >= 15 is 0 Å². The number of aromatic nitrogens is 4. The first-order chi connectivity index (χ1) is 18.6. The fourth-order valence-electron chi connectivity index (χ4n) is 4.42. The fourth-order valence-corrected chi connectivity index (χ4v) is 4.60. The van der Waals surface area contributed by atoms with Crippen LogP contribution >= 0.6 is 11.6 Å². The minimum absolute atomic E-state index is 0.0296.